The molecule has 0 saturated carbocycles. The molecule has 1 fully saturated rings. The van der Waals surface area contributed by atoms with Gasteiger partial charge in [-0.15, -0.1) is 12.4 Å². The summed E-state index contributed by atoms with van der Waals surface area (Å²) in [6, 6.07) is 0. The second-order valence-corrected chi connectivity index (χ2v) is 3.65. The van der Waals surface area contributed by atoms with E-state index in [9.17, 15) is 4.79 Å². The maximum atomic E-state index is 10.9. The fourth-order valence-corrected chi connectivity index (χ4v) is 1.67. The van der Waals surface area contributed by atoms with Crippen molar-refractivity contribution >= 4 is 18.4 Å². The van der Waals surface area contributed by atoms with E-state index in [1.54, 1.807) is 0 Å². The molecule has 1 aliphatic rings. The molecule has 0 aromatic carbocycles. The minimum Gasteiger partial charge on any atom is -0.464 e. The average molecular weight is 238 g/mol. The molecule has 0 radical (unpaired) electrons. The van der Waals surface area contributed by atoms with Gasteiger partial charge in [0.05, 0.1) is 6.61 Å². The zero-order chi connectivity index (χ0) is 10.2. The third kappa shape index (κ3) is 6.71. The van der Waals surface area contributed by atoms with Gasteiger partial charge in [0.1, 0.15) is 6.61 Å². The van der Waals surface area contributed by atoms with E-state index in [0.29, 0.717) is 12.5 Å². The second kappa shape index (κ2) is 8.95. The third-order valence-electron chi connectivity index (χ3n) is 2.45. The van der Waals surface area contributed by atoms with Crippen LogP contribution < -0.4 is 5.32 Å². The maximum absolute atomic E-state index is 10.9. The second-order valence-electron chi connectivity index (χ2n) is 3.65. The van der Waals surface area contributed by atoms with Gasteiger partial charge in [-0.2, -0.15) is 0 Å². The van der Waals surface area contributed by atoms with Crippen molar-refractivity contribution in [2.45, 2.75) is 19.3 Å². The number of methoxy groups -OCH3 is 1. The standard InChI is InChI=1S/C10H19NO3.ClH/c1-13-8-10(12)14-6-4-9-3-2-5-11-7-9;/h9,11H,2-8H2,1H3;1H. The summed E-state index contributed by atoms with van der Waals surface area (Å²) >= 11 is 0. The van der Waals surface area contributed by atoms with E-state index in [0.717, 1.165) is 19.5 Å². The van der Waals surface area contributed by atoms with Gasteiger partial charge in [0.15, 0.2) is 0 Å². The number of piperidine rings is 1. The van der Waals surface area contributed by atoms with Crippen molar-refractivity contribution in [3.8, 4) is 0 Å². The monoisotopic (exact) mass is 237 g/mol. The summed E-state index contributed by atoms with van der Waals surface area (Å²) in [7, 11) is 1.49. The predicted molar refractivity (Wildman–Crippen MR) is 60.3 cm³/mol. The number of hydrogen-bond acceptors (Lipinski definition) is 4. The average Bonchev–Trinajstić information content (AvgIpc) is 2.20. The number of nitrogens with one attached hydrogen (secondary N) is 1. The molecule has 90 valence electrons. The number of hydrogen-bond donors (Lipinski definition) is 1. The van der Waals surface area contributed by atoms with Gasteiger partial charge in [-0.1, -0.05) is 0 Å². The molecule has 0 aromatic heterocycles. The van der Waals surface area contributed by atoms with E-state index in [-0.39, 0.29) is 25.0 Å². The Morgan fingerprint density at radius 3 is 2.93 bits per heavy atom. The van der Waals surface area contributed by atoms with Crippen molar-refractivity contribution in [2.75, 3.05) is 33.4 Å². The van der Waals surface area contributed by atoms with E-state index in [2.05, 4.69) is 10.1 Å². The zero-order valence-corrected chi connectivity index (χ0v) is 9.98. The third-order valence-corrected chi connectivity index (χ3v) is 2.45. The van der Waals surface area contributed by atoms with Crippen molar-refractivity contribution in [1.29, 1.82) is 0 Å². The number of carbonyl (C=O) groups excluding carboxylic acids is 1. The molecule has 1 N–H and O–H groups in total. The number of ether oxygens (including phenoxy) is 2. The summed E-state index contributed by atoms with van der Waals surface area (Å²) in [5.41, 5.74) is 0. The van der Waals surface area contributed by atoms with Gasteiger partial charge in [-0.25, -0.2) is 4.79 Å². The van der Waals surface area contributed by atoms with Crippen molar-refractivity contribution in [3.05, 3.63) is 0 Å². The summed E-state index contributed by atoms with van der Waals surface area (Å²) in [5.74, 6) is 0.398. The molecule has 5 heteroatoms. The van der Waals surface area contributed by atoms with E-state index in [1.807, 2.05) is 0 Å². The Kier molecular flexibility index (Phi) is 8.76. The SMILES string of the molecule is COCC(=O)OCCC1CCCNC1.Cl. The van der Waals surface area contributed by atoms with Crippen LogP contribution in [0.2, 0.25) is 0 Å². The lowest BCUT2D eigenvalue weighted by atomic mass is 9.97. The van der Waals surface area contributed by atoms with Gasteiger partial charge >= 0.3 is 5.97 Å². The van der Waals surface area contributed by atoms with Crippen LogP contribution in [-0.2, 0) is 14.3 Å². The molecule has 0 aromatic rings. The summed E-state index contributed by atoms with van der Waals surface area (Å²) in [6.07, 6.45) is 3.44. The molecule has 0 spiro atoms. The molecular weight excluding hydrogens is 218 g/mol. The van der Waals surface area contributed by atoms with Crippen LogP contribution in [0.3, 0.4) is 0 Å². The first-order valence-corrected chi connectivity index (χ1v) is 5.18. The van der Waals surface area contributed by atoms with E-state index < -0.39 is 0 Å². The van der Waals surface area contributed by atoms with Crippen LogP contribution in [0.25, 0.3) is 0 Å². The Labute approximate surface area is 97.1 Å². The number of carbonyl (C=O) groups is 1. The molecule has 0 bridgehead atoms. The highest BCUT2D eigenvalue weighted by atomic mass is 35.5. The molecule has 4 nitrogen and oxygen atoms in total. The highest BCUT2D eigenvalue weighted by molar-refractivity contribution is 5.85. The molecule has 0 aliphatic carbocycles. The Bertz CT molecular complexity index is 172. The van der Waals surface area contributed by atoms with Crippen molar-refractivity contribution in [1.82, 2.24) is 5.32 Å². The summed E-state index contributed by atoms with van der Waals surface area (Å²) in [5, 5.41) is 3.33. The molecule has 1 saturated heterocycles. The Morgan fingerprint density at radius 1 is 1.53 bits per heavy atom. The largest absolute Gasteiger partial charge is 0.464 e. The van der Waals surface area contributed by atoms with Crippen LogP contribution in [-0.4, -0.2) is 39.4 Å². The van der Waals surface area contributed by atoms with Gasteiger partial charge in [0.2, 0.25) is 0 Å². The first-order valence-electron chi connectivity index (χ1n) is 5.18. The van der Waals surface area contributed by atoms with Crippen LogP contribution in [0.1, 0.15) is 19.3 Å². The molecule has 1 atom stereocenters. The minimum atomic E-state index is -0.267. The highest BCUT2D eigenvalue weighted by Crippen LogP contribution is 2.13. The lowest BCUT2D eigenvalue weighted by molar-refractivity contribution is -0.148. The smallest absolute Gasteiger partial charge is 0.332 e. The maximum Gasteiger partial charge on any atom is 0.332 e. The molecule has 1 heterocycles. The predicted octanol–water partition coefficient (Wildman–Crippen LogP) is 0.987. The summed E-state index contributed by atoms with van der Waals surface area (Å²) < 4.78 is 9.65. The topological polar surface area (TPSA) is 47.6 Å². The van der Waals surface area contributed by atoms with Crippen LogP contribution >= 0.6 is 12.4 Å². The molecule has 15 heavy (non-hydrogen) atoms. The highest BCUT2D eigenvalue weighted by Gasteiger charge is 2.13. The van der Waals surface area contributed by atoms with E-state index in [4.69, 9.17) is 4.74 Å². The quantitative estimate of drug-likeness (QED) is 0.725. The summed E-state index contributed by atoms with van der Waals surface area (Å²) in [4.78, 5) is 10.9. The van der Waals surface area contributed by atoms with E-state index in [1.165, 1.54) is 20.0 Å². The van der Waals surface area contributed by atoms with Gasteiger partial charge in [-0.05, 0) is 38.3 Å². The first kappa shape index (κ1) is 14.7. The Hall–Kier alpha value is -0.320. The zero-order valence-electron chi connectivity index (χ0n) is 9.16. The van der Waals surface area contributed by atoms with Crippen LogP contribution in [0.15, 0.2) is 0 Å². The van der Waals surface area contributed by atoms with Crippen molar-refractivity contribution in [3.63, 3.8) is 0 Å². The van der Waals surface area contributed by atoms with Crippen molar-refractivity contribution in [2.24, 2.45) is 5.92 Å². The summed E-state index contributed by atoms with van der Waals surface area (Å²) in [6.45, 7) is 2.76. The Morgan fingerprint density at radius 2 is 2.33 bits per heavy atom. The van der Waals surface area contributed by atoms with Gasteiger partial charge in [-0.3, -0.25) is 0 Å². The molecule has 0 amide bonds. The fraction of sp³-hybridized carbons (Fsp3) is 0.900. The minimum absolute atomic E-state index is 0. The van der Waals surface area contributed by atoms with Crippen LogP contribution in [0.5, 0.6) is 0 Å². The fourth-order valence-electron chi connectivity index (χ4n) is 1.67. The van der Waals surface area contributed by atoms with Gasteiger partial charge < -0.3 is 14.8 Å². The Balaban J connectivity index is 0.00000196. The van der Waals surface area contributed by atoms with Crippen molar-refractivity contribution < 1.29 is 14.3 Å². The van der Waals surface area contributed by atoms with E-state index >= 15 is 0 Å². The first-order chi connectivity index (χ1) is 6.83. The number of halogens is 1. The molecule has 1 unspecified atom stereocenters. The number of rotatable bonds is 5. The van der Waals surface area contributed by atoms with Crippen LogP contribution in [0.4, 0.5) is 0 Å². The molecule has 1 rings (SSSR count). The van der Waals surface area contributed by atoms with Crippen LogP contribution in [0, 0.1) is 5.92 Å². The lowest BCUT2D eigenvalue weighted by Crippen LogP contribution is -2.30. The number of esters is 1. The van der Waals surface area contributed by atoms with Gasteiger partial charge in [0, 0.05) is 7.11 Å². The van der Waals surface area contributed by atoms with Gasteiger partial charge in [0.25, 0.3) is 0 Å². The normalized spacial score (nSPS) is 20.5. The molecular formula is C10H20ClNO3. The molecule has 1 aliphatic heterocycles. The lowest BCUT2D eigenvalue weighted by Gasteiger charge is -2.22.